The van der Waals surface area contributed by atoms with E-state index in [9.17, 15) is 4.39 Å². The van der Waals surface area contributed by atoms with Crippen molar-refractivity contribution >= 4 is 15.9 Å². The van der Waals surface area contributed by atoms with Gasteiger partial charge in [-0.05, 0) is 28.1 Å². The molecule has 12 heavy (non-hydrogen) atoms. The number of aliphatic hydroxyl groups is 1. The van der Waals surface area contributed by atoms with E-state index in [1.807, 2.05) is 0 Å². The predicted molar refractivity (Wildman–Crippen MR) is 46.7 cm³/mol. The Labute approximate surface area is 78.1 Å². The van der Waals surface area contributed by atoms with E-state index in [-0.39, 0.29) is 19.0 Å². The molecule has 0 fully saturated rings. The average Bonchev–Trinajstić information content (AvgIpc) is 2.07. The Kier molecular flexibility index (Phi) is 3.49. The zero-order chi connectivity index (χ0) is 8.97. The molecule has 0 aromatic heterocycles. The van der Waals surface area contributed by atoms with E-state index in [0.29, 0.717) is 10.2 Å². The third-order valence-electron chi connectivity index (χ3n) is 1.25. The van der Waals surface area contributed by atoms with Gasteiger partial charge in [-0.3, -0.25) is 0 Å². The fraction of sp³-hybridized carbons (Fsp3) is 0.250. The van der Waals surface area contributed by atoms with E-state index in [1.165, 1.54) is 6.07 Å². The molecular weight excluding hydrogens is 227 g/mol. The van der Waals surface area contributed by atoms with Crippen LogP contribution in [0.25, 0.3) is 0 Å². The summed E-state index contributed by atoms with van der Waals surface area (Å²) in [4.78, 5) is 0. The summed E-state index contributed by atoms with van der Waals surface area (Å²) in [5.41, 5.74) is 0. The van der Waals surface area contributed by atoms with E-state index in [0.717, 1.165) is 0 Å². The number of hydrogen-bond donors (Lipinski definition) is 1. The molecule has 2 nitrogen and oxygen atoms in total. The van der Waals surface area contributed by atoms with E-state index in [2.05, 4.69) is 15.9 Å². The van der Waals surface area contributed by atoms with Gasteiger partial charge in [-0.25, -0.2) is 4.39 Å². The number of ether oxygens (including phenoxy) is 1. The van der Waals surface area contributed by atoms with Crippen molar-refractivity contribution in [2.24, 2.45) is 0 Å². The van der Waals surface area contributed by atoms with Gasteiger partial charge >= 0.3 is 0 Å². The Morgan fingerprint density at radius 2 is 2.25 bits per heavy atom. The minimum absolute atomic E-state index is 0.0717. The quantitative estimate of drug-likeness (QED) is 0.867. The van der Waals surface area contributed by atoms with Crippen molar-refractivity contribution in [2.45, 2.75) is 0 Å². The first-order chi connectivity index (χ1) is 5.74. The maximum atomic E-state index is 12.8. The molecule has 0 radical (unpaired) electrons. The van der Waals surface area contributed by atoms with Crippen LogP contribution in [-0.2, 0) is 0 Å². The zero-order valence-corrected chi connectivity index (χ0v) is 7.84. The molecule has 0 aliphatic rings. The molecule has 0 bridgehead atoms. The van der Waals surface area contributed by atoms with Gasteiger partial charge in [0.05, 0.1) is 11.1 Å². The Hall–Kier alpha value is -0.610. The van der Waals surface area contributed by atoms with Crippen molar-refractivity contribution in [3.8, 4) is 5.75 Å². The number of benzene rings is 1. The van der Waals surface area contributed by atoms with Gasteiger partial charge in [0.2, 0.25) is 0 Å². The summed E-state index contributed by atoms with van der Waals surface area (Å²) in [5.74, 6) is 0.0511. The first-order valence-electron chi connectivity index (χ1n) is 3.43. The number of rotatable bonds is 3. The molecular formula is C8H8BrFO2. The van der Waals surface area contributed by atoms with Gasteiger partial charge in [0, 0.05) is 6.07 Å². The van der Waals surface area contributed by atoms with Crippen molar-refractivity contribution in [3.63, 3.8) is 0 Å². The second kappa shape index (κ2) is 4.42. The third kappa shape index (κ3) is 2.46. The third-order valence-corrected chi connectivity index (χ3v) is 1.89. The molecule has 0 saturated carbocycles. The smallest absolute Gasteiger partial charge is 0.141 e. The molecule has 1 N–H and O–H groups in total. The molecule has 0 atom stereocenters. The minimum atomic E-state index is -0.370. The van der Waals surface area contributed by atoms with Gasteiger partial charge in [-0.1, -0.05) is 0 Å². The van der Waals surface area contributed by atoms with Gasteiger partial charge in [-0.2, -0.15) is 0 Å². The lowest BCUT2D eigenvalue weighted by molar-refractivity contribution is 0.201. The van der Waals surface area contributed by atoms with Crippen LogP contribution in [0.4, 0.5) is 4.39 Å². The first-order valence-corrected chi connectivity index (χ1v) is 4.22. The summed E-state index contributed by atoms with van der Waals surface area (Å²) in [6.45, 7) is 0.110. The van der Waals surface area contributed by atoms with Gasteiger partial charge in [0.25, 0.3) is 0 Å². The monoisotopic (exact) mass is 234 g/mol. The fourth-order valence-corrected chi connectivity index (χ4v) is 0.977. The SMILES string of the molecule is OCCOc1ccc(Br)c(F)c1. The second-order valence-corrected chi connectivity index (χ2v) is 3.00. The minimum Gasteiger partial charge on any atom is -0.491 e. The Bertz CT molecular complexity index is 265. The van der Waals surface area contributed by atoms with E-state index in [4.69, 9.17) is 9.84 Å². The standard InChI is InChI=1S/C8H8BrFO2/c9-7-2-1-6(5-8(7)10)12-4-3-11/h1-2,5,11H,3-4H2. The highest BCUT2D eigenvalue weighted by Crippen LogP contribution is 2.20. The summed E-state index contributed by atoms with van der Waals surface area (Å²) in [5, 5.41) is 8.42. The lowest BCUT2D eigenvalue weighted by Gasteiger charge is -2.03. The van der Waals surface area contributed by atoms with Gasteiger partial charge < -0.3 is 9.84 Å². The van der Waals surface area contributed by atoms with E-state index < -0.39 is 0 Å². The van der Waals surface area contributed by atoms with Crippen molar-refractivity contribution < 1.29 is 14.2 Å². The van der Waals surface area contributed by atoms with Crippen LogP contribution >= 0.6 is 15.9 Å². The van der Waals surface area contributed by atoms with Crippen LogP contribution in [0.3, 0.4) is 0 Å². The van der Waals surface area contributed by atoms with Crippen LogP contribution in [0.5, 0.6) is 5.75 Å². The zero-order valence-electron chi connectivity index (χ0n) is 6.26. The average molecular weight is 235 g/mol. The molecule has 0 aliphatic carbocycles. The molecule has 0 unspecified atom stereocenters. The van der Waals surface area contributed by atoms with Gasteiger partial charge in [0.1, 0.15) is 18.2 Å². The van der Waals surface area contributed by atoms with Crippen LogP contribution in [-0.4, -0.2) is 18.3 Å². The predicted octanol–water partition coefficient (Wildman–Crippen LogP) is 1.96. The number of hydrogen-bond acceptors (Lipinski definition) is 2. The van der Waals surface area contributed by atoms with Crippen molar-refractivity contribution in [3.05, 3.63) is 28.5 Å². The molecule has 0 heterocycles. The van der Waals surface area contributed by atoms with Crippen molar-refractivity contribution in [2.75, 3.05) is 13.2 Å². The first kappa shape index (κ1) is 9.48. The summed E-state index contributed by atoms with van der Waals surface area (Å²) in [6, 6.07) is 4.45. The molecule has 0 amide bonds. The topological polar surface area (TPSA) is 29.5 Å². The summed E-state index contributed by atoms with van der Waals surface area (Å²) >= 11 is 3.02. The van der Waals surface area contributed by atoms with Crippen LogP contribution in [0.2, 0.25) is 0 Å². The molecule has 1 aromatic rings. The number of halogens is 2. The highest BCUT2D eigenvalue weighted by molar-refractivity contribution is 9.10. The molecule has 4 heteroatoms. The maximum Gasteiger partial charge on any atom is 0.141 e. The molecule has 1 aromatic carbocycles. The Morgan fingerprint density at radius 3 is 2.83 bits per heavy atom. The van der Waals surface area contributed by atoms with Crippen molar-refractivity contribution in [1.29, 1.82) is 0 Å². The van der Waals surface area contributed by atoms with Gasteiger partial charge in [-0.15, -0.1) is 0 Å². The second-order valence-electron chi connectivity index (χ2n) is 2.15. The lowest BCUT2D eigenvalue weighted by atomic mass is 10.3. The maximum absolute atomic E-state index is 12.8. The molecule has 1 rings (SSSR count). The van der Waals surface area contributed by atoms with Crippen molar-refractivity contribution in [1.82, 2.24) is 0 Å². The fourth-order valence-electron chi connectivity index (χ4n) is 0.730. The van der Waals surface area contributed by atoms with E-state index >= 15 is 0 Å². The lowest BCUT2D eigenvalue weighted by Crippen LogP contribution is -2.01. The van der Waals surface area contributed by atoms with Crippen LogP contribution in [0.1, 0.15) is 0 Å². The molecule has 0 spiro atoms. The van der Waals surface area contributed by atoms with Crippen LogP contribution < -0.4 is 4.74 Å². The molecule has 0 aliphatic heterocycles. The normalized spacial score (nSPS) is 9.92. The number of aliphatic hydroxyl groups excluding tert-OH is 1. The largest absolute Gasteiger partial charge is 0.491 e. The highest BCUT2D eigenvalue weighted by atomic mass is 79.9. The molecule has 66 valence electrons. The Morgan fingerprint density at radius 1 is 1.50 bits per heavy atom. The van der Waals surface area contributed by atoms with Crippen LogP contribution in [0, 0.1) is 5.82 Å². The highest BCUT2D eigenvalue weighted by Gasteiger charge is 2.00. The van der Waals surface area contributed by atoms with Crippen LogP contribution in [0.15, 0.2) is 22.7 Å². The molecule has 0 saturated heterocycles. The van der Waals surface area contributed by atoms with E-state index in [1.54, 1.807) is 12.1 Å². The summed E-state index contributed by atoms with van der Waals surface area (Å²) < 4.78 is 18.2. The Balaban J connectivity index is 2.69. The summed E-state index contributed by atoms with van der Waals surface area (Å²) in [6.07, 6.45) is 0. The summed E-state index contributed by atoms with van der Waals surface area (Å²) in [7, 11) is 0. The van der Waals surface area contributed by atoms with Gasteiger partial charge in [0.15, 0.2) is 0 Å².